The summed E-state index contributed by atoms with van der Waals surface area (Å²) in [6.45, 7) is 8.97. The van der Waals surface area contributed by atoms with Crippen molar-refractivity contribution in [2.75, 3.05) is 25.5 Å². The Bertz CT molecular complexity index is 959. The number of rotatable bonds is 6. The lowest BCUT2D eigenvalue weighted by molar-refractivity contribution is -0.117. The topological polar surface area (TPSA) is 81.9 Å². The molecule has 9 heteroatoms. The summed E-state index contributed by atoms with van der Waals surface area (Å²) < 4.78 is 1.91. The highest BCUT2D eigenvalue weighted by Crippen LogP contribution is 2.43. The van der Waals surface area contributed by atoms with Gasteiger partial charge in [0.25, 0.3) is 0 Å². The second-order valence-corrected chi connectivity index (χ2v) is 8.84. The van der Waals surface area contributed by atoms with Gasteiger partial charge in [0.15, 0.2) is 0 Å². The fourth-order valence-electron chi connectivity index (χ4n) is 4.41. The van der Waals surface area contributed by atoms with Gasteiger partial charge in [0.2, 0.25) is 5.91 Å². The lowest BCUT2D eigenvalue weighted by Crippen LogP contribution is -2.48. The normalized spacial score (nSPS) is 17.8. The van der Waals surface area contributed by atoms with E-state index < -0.39 is 6.09 Å². The van der Waals surface area contributed by atoms with Crippen LogP contribution >= 0.6 is 12.4 Å². The molecule has 0 unspecified atom stereocenters. The number of hydrogen-bond donors (Lipinski definition) is 1. The van der Waals surface area contributed by atoms with E-state index >= 15 is 0 Å². The van der Waals surface area contributed by atoms with Crippen molar-refractivity contribution in [1.82, 2.24) is 19.6 Å². The third kappa shape index (κ3) is 5.24. The van der Waals surface area contributed by atoms with E-state index in [0.29, 0.717) is 6.42 Å². The number of aromatic nitrogens is 2. The number of carbonyl (C=O) groups is 2. The number of benzene rings is 1. The predicted molar refractivity (Wildman–Crippen MR) is 128 cm³/mol. The zero-order valence-electron chi connectivity index (χ0n) is 19.6. The van der Waals surface area contributed by atoms with E-state index in [1.807, 2.05) is 70.1 Å². The molecule has 3 rings (SSSR count). The average molecular weight is 464 g/mol. The molecule has 0 bridgehead atoms. The van der Waals surface area contributed by atoms with Gasteiger partial charge in [0.05, 0.1) is 18.8 Å². The first-order chi connectivity index (χ1) is 14.6. The highest BCUT2D eigenvalue weighted by atomic mass is 35.5. The number of nitrogens with zero attached hydrogens (tertiary/aromatic N) is 5. The molecule has 32 heavy (non-hydrogen) atoms. The molecular weight excluding hydrogens is 430 g/mol. The number of carbonyl (C=O) groups excluding carboxylic acids is 1. The number of amides is 2. The van der Waals surface area contributed by atoms with Crippen molar-refractivity contribution < 1.29 is 14.7 Å². The molecule has 0 saturated carbocycles. The Kier molecular flexibility index (Phi) is 8.31. The van der Waals surface area contributed by atoms with Gasteiger partial charge in [0, 0.05) is 43.0 Å². The van der Waals surface area contributed by atoms with Crippen molar-refractivity contribution in [3.63, 3.8) is 0 Å². The van der Waals surface area contributed by atoms with Crippen LogP contribution in [0.5, 0.6) is 0 Å². The second-order valence-electron chi connectivity index (χ2n) is 8.84. The standard InChI is InChI=1S/C23H33N5O3.ClH/c1-15(2)27(23(30)31)22-11-16(3)28(17(4)29)21-8-7-18(12-20(21)22)19-13-24-26(14-19)10-9-25(5)6;/h7-8,12-16,22H,9-11H2,1-6H3,(H,30,31);1H/t16-,22+;/m0./s1. The van der Waals surface area contributed by atoms with Crippen LogP contribution in [-0.2, 0) is 11.3 Å². The molecule has 0 fully saturated rings. The molecule has 0 saturated heterocycles. The molecular formula is C23H34ClN5O3. The third-order valence-corrected chi connectivity index (χ3v) is 5.85. The van der Waals surface area contributed by atoms with Crippen molar-refractivity contribution in [3.8, 4) is 11.1 Å². The summed E-state index contributed by atoms with van der Waals surface area (Å²) in [6, 6.07) is 5.36. The fraction of sp³-hybridized carbons (Fsp3) is 0.522. The van der Waals surface area contributed by atoms with Gasteiger partial charge >= 0.3 is 6.09 Å². The molecule has 1 N–H and O–H groups in total. The van der Waals surface area contributed by atoms with E-state index in [9.17, 15) is 14.7 Å². The summed E-state index contributed by atoms with van der Waals surface area (Å²) in [5.41, 5.74) is 3.58. The number of halogens is 1. The summed E-state index contributed by atoms with van der Waals surface area (Å²) in [5.74, 6) is -0.0390. The summed E-state index contributed by atoms with van der Waals surface area (Å²) in [4.78, 5) is 29.8. The maximum Gasteiger partial charge on any atom is 0.408 e. The molecule has 2 heterocycles. The van der Waals surface area contributed by atoms with Crippen LogP contribution in [0.3, 0.4) is 0 Å². The Balaban J connectivity index is 0.00000363. The van der Waals surface area contributed by atoms with Crippen LogP contribution in [0.15, 0.2) is 30.6 Å². The minimum atomic E-state index is -0.948. The van der Waals surface area contributed by atoms with Gasteiger partial charge in [-0.05, 0) is 64.5 Å². The Morgan fingerprint density at radius 1 is 1.25 bits per heavy atom. The number of hydrogen-bond acceptors (Lipinski definition) is 4. The Labute approximate surface area is 196 Å². The van der Waals surface area contributed by atoms with Crippen LogP contribution in [0.1, 0.15) is 45.7 Å². The van der Waals surface area contributed by atoms with E-state index in [0.717, 1.165) is 35.5 Å². The quantitative estimate of drug-likeness (QED) is 0.697. The van der Waals surface area contributed by atoms with Gasteiger partial charge in [-0.3, -0.25) is 14.4 Å². The fourth-order valence-corrected chi connectivity index (χ4v) is 4.41. The molecule has 2 atom stereocenters. The second kappa shape index (κ2) is 10.4. The SMILES string of the molecule is CC(=O)N1c2ccc(-c3cnn(CCN(C)C)c3)cc2[C@H](N(C(=O)O)C(C)C)C[C@@H]1C.Cl. The van der Waals surface area contributed by atoms with Crippen molar-refractivity contribution in [2.45, 2.75) is 58.8 Å². The summed E-state index contributed by atoms with van der Waals surface area (Å²) in [7, 11) is 4.05. The van der Waals surface area contributed by atoms with Crippen LogP contribution in [0.2, 0.25) is 0 Å². The first kappa shape index (κ1) is 25.7. The van der Waals surface area contributed by atoms with Gasteiger partial charge in [-0.25, -0.2) is 4.79 Å². The van der Waals surface area contributed by atoms with Gasteiger partial charge < -0.3 is 14.9 Å². The summed E-state index contributed by atoms with van der Waals surface area (Å²) in [6.07, 6.45) is 3.45. The highest BCUT2D eigenvalue weighted by Gasteiger charge is 2.38. The van der Waals surface area contributed by atoms with Crippen molar-refractivity contribution in [2.24, 2.45) is 0 Å². The Morgan fingerprint density at radius 2 is 1.94 bits per heavy atom. The lowest BCUT2D eigenvalue weighted by atomic mass is 9.88. The molecule has 0 spiro atoms. The average Bonchev–Trinajstić information content (AvgIpc) is 3.14. The molecule has 1 aliphatic heterocycles. The summed E-state index contributed by atoms with van der Waals surface area (Å²) in [5, 5.41) is 14.4. The van der Waals surface area contributed by atoms with Gasteiger partial charge in [0.1, 0.15) is 0 Å². The van der Waals surface area contributed by atoms with E-state index in [2.05, 4.69) is 10.00 Å². The van der Waals surface area contributed by atoms with Gasteiger partial charge in [-0.1, -0.05) is 6.07 Å². The molecule has 1 aliphatic rings. The van der Waals surface area contributed by atoms with Crippen LogP contribution in [-0.4, -0.2) is 69.4 Å². The molecule has 1 aromatic carbocycles. The smallest absolute Gasteiger partial charge is 0.408 e. The van der Waals surface area contributed by atoms with E-state index in [1.54, 1.807) is 11.8 Å². The Morgan fingerprint density at radius 3 is 2.50 bits per heavy atom. The van der Waals surface area contributed by atoms with Gasteiger partial charge in [-0.2, -0.15) is 5.10 Å². The third-order valence-electron chi connectivity index (χ3n) is 5.85. The Hall–Kier alpha value is -2.58. The first-order valence-electron chi connectivity index (χ1n) is 10.7. The van der Waals surface area contributed by atoms with Crippen molar-refractivity contribution in [3.05, 3.63) is 36.2 Å². The number of likely N-dealkylation sites (N-methyl/N-ethyl adjacent to an activating group) is 1. The zero-order chi connectivity index (χ0) is 22.9. The summed E-state index contributed by atoms with van der Waals surface area (Å²) >= 11 is 0. The van der Waals surface area contributed by atoms with E-state index in [-0.39, 0.29) is 36.4 Å². The molecule has 2 aromatic rings. The minimum absolute atomic E-state index is 0. The van der Waals surface area contributed by atoms with E-state index in [1.165, 1.54) is 4.90 Å². The monoisotopic (exact) mass is 463 g/mol. The first-order valence-corrected chi connectivity index (χ1v) is 10.7. The molecule has 8 nitrogen and oxygen atoms in total. The van der Waals surface area contributed by atoms with Crippen LogP contribution in [0.25, 0.3) is 11.1 Å². The van der Waals surface area contributed by atoms with Crippen molar-refractivity contribution >= 4 is 30.1 Å². The number of carboxylic acid groups (broad SMARTS) is 1. The van der Waals surface area contributed by atoms with Crippen LogP contribution < -0.4 is 4.90 Å². The molecule has 0 aliphatic carbocycles. The molecule has 2 amide bonds. The minimum Gasteiger partial charge on any atom is -0.465 e. The van der Waals surface area contributed by atoms with Crippen LogP contribution in [0.4, 0.5) is 10.5 Å². The maximum atomic E-state index is 12.4. The lowest BCUT2D eigenvalue weighted by Gasteiger charge is -2.43. The maximum absolute atomic E-state index is 12.4. The number of fused-ring (bicyclic) bond motifs is 1. The highest BCUT2D eigenvalue weighted by molar-refractivity contribution is 5.94. The largest absolute Gasteiger partial charge is 0.465 e. The molecule has 176 valence electrons. The predicted octanol–water partition coefficient (Wildman–Crippen LogP) is 4.11. The zero-order valence-corrected chi connectivity index (χ0v) is 20.5. The molecule has 1 aromatic heterocycles. The van der Waals surface area contributed by atoms with E-state index in [4.69, 9.17) is 0 Å². The van der Waals surface area contributed by atoms with Gasteiger partial charge in [-0.15, -0.1) is 12.4 Å². The van der Waals surface area contributed by atoms with Crippen molar-refractivity contribution in [1.29, 1.82) is 0 Å². The molecule has 0 radical (unpaired) electrons. The van der Waals surface area contributed by atoms with Crippen LogP contribution in [0, 0.1) is 0 Å². The number of anilines is 1.